The Bertz CT molecular complexity index is 587. The first-order chi connectivity index (χ1) is 11.1. The minimum atomic E-state index is -0.506. The number of rotatable bonds is 5. The number of amides is 2. The van der Waals surface area contributed by atoms with Crippen molar-refractivity contribution in [2.24, 2.45) is 5.73 Å². The number of thiophene rings is 1. The van der Waals surface area contributed by atoms with Crippen molar-refractivity contribution in [1.29, 1.82) is 0 Å². The Labute approximate surface area is 139 Å². The molecule has 0 spiro atoms. The number of primary amides is 1. The van der Waals surface area contributed by atoms with E-state index in [1.807, 2.05) is 0 Å². The maximum absolute atomic E-state index is 12.6. The summed E-state index contributed by atoms with van der Waals surface area (Å²) >= 11 is 1.51. The lowest BCUT2D eigenvalue weighted by Crippen LogP contribution is -2.51. The van der Waals surface area contributed by atoms with E-state index in [2.05, 4.69) is 10.7 Å². The highest BCUT2D eigenvalue weighted by atomic mass is 32.1. The lowest BCUT2D eigenvalue weighted by molar-refractivity contribution is -0.128. The summed E-state index contributed by atoms with van der Waals surface area (Å²) in [5, 5.41) is 5.11. The van der Waals surface area contributed by atoms with Gasteiger partial charge in [-0.1, -0.05) is 0 Å². The smallest absolute Gasteiger partial charge is 0.262 e. The molecule has 2 amide bonds. The molecule has 2 heterocycles. The van der Waals surface area contributed by atoms with E-state index in [1.165, 1.54) is 28.9 Å². The summed E-state index contributed by atoms with van der Waals surface area (Å²) in [6.07, 6.45) is 4.78. The first kappa shape index (κ1) is 16.4. The van der Waals surface area contributed by atoms with Crippen LogP contribution in [0.3, 0.4) is 0 Å². The number of nitrogens with two attached hydrogens (primary N) is 1. The van der Waals surface area contributed by atoms with Crippen LogP contribution in [0.5, 0.6) is 0 Å². The van der Waals surface area contributed by atoms with Crippen LogP contribution in [0.1, 0.15) is 40.1 Å². The van der Waals surface area contributed by atoms with Crippen LogP contribution in [0.4, 0.5) is 0 Å². The predicted octanol–water partition coefficient (Wildman–Crippen LogP) is 1.02. The molecule has 1 aromatic heterocycles. The second-order valence-electron chi connectivity index (χ2n) is 6.04. The zero-order valence-corrected chi connectivity index (χ0v) is 13.8. The van der Waals surface area contributed by atoms with E-state index in [0.717, 1.165) is 24.1 Å². The van der Waals surface area contributed by atoms with Gasteiger partial charge in [0.05, 0.1) is 23.6 Å². The first-order valence-corrected chi connectivity index (χ1v) is 8.91. The zero-order chi connectivity index (χ0) is 16.2. The zero-order valence-electron chi connectivity index (χ0n) is 13.0. The number of nitrogens with one attached hydrogen (secondary N) is 1. The molecule has 6 nitrogen and oxygen atoms in total. The molecule has 0 bridgehead atoms. The Morgan fingerprint density at radius 3 is 3.04 bits per heavy atom. The summed E-state index contributed by atoms with van der Waals surface area (Å²) in [5.41, 5.74) is 7.64. The lowest BCUT2D eigenvalue weighted by Gasteiger charge is -2.31. The minimum absolute atomic E-state index is 0.0682. The summed E-state index contributed by atoms with van der Waals surface area (Å²) in [6, 6.07) is -0.253. The standard InChI is InChI=1S/C16H22N2O4S/c17-14(19)8-22-13-5-6-21-7-12(13)18-16(20)15-11-4-2-1-3-10(11)9-23-15/h9,12-13H,1-8H2,(H2,17,19)(H,18,20)/t12-,13+/m0/s1. The average Bonchev–Trinajstić information content (AvgIpc) is 2.98. The molecule has 3 N–H and O–H groups in total. The van der Waals surface area contributed by atoms with Crippen molar-refractivity contribution in [3.8, 4) is 0 Å². The molecule has 1 aromatic rings. The highest BCUT2D eigenvalue weighted by Gasteiger charge is 2.30. The van der Waals surface area contributed by atoms with Crippen LogP contribution in [0.2, 0.25) is 0 Å². The maximum Gasteiger partial charge on any atom is 0.262 e. The molecule has 2 aliphatic rings. The fourth-order valence-electron chi connectivity index (χ4n) is 3.19. The van der Waals surface area contributed by atoms with Gasteiger partial charge in [-0.2, -0.15) is 0 Å². The molecule has 1 aliphatic heterocycles. The summed E-state index contributed by atoms with van der Waals surface area (Å²) in [5.74, 6) is -0.574. The van der Waals surface area contributed by atoms with Crippen molar-refractivity contribution >= 4 is 23.2 Å². The van der Waals surface area contributed by atoms with Gasteiger partial charge in [0.25, 0.3) is 5.91 Å². The van der Waals surface area contributed by atoms with E-state index in [9.17, 15) is 9.59 Å². The Morgan fingerprint density at radius 1 is 1.39 bits per heavy atom. The molecule has 0 saturated carbocycles. The third kappa shape index (κ3) is 3.91. The number of hydrogen-bond donors (Lipinski definition) is 2. The molecule has 0 aromatic carbocycles. The van der Waals surface area contributed by atoms with Gasteiger partial charge in [0, 0.05) is 6.61 Å². The van der Waals surface area contributed by atoms with Crippen molar-refractivity contribution in [3.63, 3.8) is 0 Å². The van der Waals surface area contributed by atoms with Crippen LogP contribution in [0.15, 0.2) is 5.38 Å². The van der Waals surface area contributed by atoms with E-state index in [4.69, 9.17) is 15.2 Å². The normalized spacial score (nSPS) is 24.0. The number of fused-ring (bicyclic) bond motifs is 1. The number of ether oxygens (including phenoxy) is 2. The third-order valence-corrected chi connectivity index (χ3v) is 5.43. The number of hydrogen-bond acceptors (Lipinski definition) is 5. The number of carbonyl (C=O) groups excluding carboxylic acids is 2. The molecule has 1 fully saturated rings. The van der Waals surface area contributed by atoms with Gasteiger partial charge < -0.3 is 20.5 Å². The molecule has 23 heavy (non-hydrogen) atoms. The molecular formula is C16H22N2O4S. The van der Waals surface area contributed by atoms with E-state index < -0.39 is 5.91 Å². The molecule has 3 rings (SSSR count). The quantitative estimate of drug-likeness (QED) is 0.838. The van der Waals surface area contributed by atoms with Gasteiger partial charge in [0.2, 0.25) is 5.91 Å². The van der Waals surface area contributed by atoms with Gasteiger partial charge in [0.15, 0.2) is 0 Å². The summed E-state index contributed by atoms with van der Waals surface area (Å²) < 4.78 is 11.0. The highest BCUT2D eigenvalue weighted by molar-refractivity contribution is 7.12. The molecule has 126 valence electrons. The van der Waals surface area contributed by atoms with Crippen molar-refractivity contribution in [2.75, 3.05) is 19.8 Å². The predicted molar refractivity (Wildman–Crippen MR) is 86.6 cm³/mol. The Morgan fingerprint density at radius 2 is 2.22 bits per heavy atom. The van der Waals surface area contributed by atoms with Crippen molar-refractivity contribution in [1.82, 2.24) is 5.32 Å². The first-order valence-electron chi connectivity index (χ1n) is 8.03. The molecule has 0 radical (unpaired) electrons. The number of aryl methyl sites for hydroxylation is 1. The summed E-state index contributed by atoms with van der Waals surface area (Å²) in [6.45, 7) is 0.818. The molecule has 7 heteroatoms. The van der Waals surface area contributed by atoms with Gasteiger partial charge >= 0.3 is 0 Å². The van der Waals surface area contributed by atoms with E-state index in [-0.39, 0.29) is 24.7 Å². The monoisotopic (exact) mass is 338 g/mol. The summed E-state index contributed by atoms with van der Waals surface area (Å²) in [7, 11) is 0. The van der Waals surface area contributed by atoms with E-state index >= 15 is 0 Å². The van der Waals surface area contributed by atoms with E-state index in [0.29, 0.717) is 19.6 Å². The van der Waals surface area contributed by atoms with Crippen molar-refractivity contribution in [3.05, 3.63) is 21.4 Å². The second-order valence-corrected chi connectivity index (χ2v) is 6.91. The SMILES string of the molecule is NC(=O)CO[C@@H]1CCOC[C@@H]1NC(=O)c1scc2c1CCCC2. The fraction of sp³-hybridized carbons (Fsp3) is 0.625. The topological polar surface area (TPSA) is 90.7 Å². The molecular weight excluding hydrogens is 316 g/mol. The molecule has 0 unspecified atom stereocenters. The second kappa shape index (κ2) is 7.42. The van der Waals surface area contributed by atoms with Gasteiger partial charge in [-0.25, -0.2) is 0 Å². The Hall–Kier alpha value is -1.44. The van der Waals surface area contributed by atoms with Crippen LogP contribution in [-0.2, 0) is 27.1 Å². The van der Waals surface area contributed by atoms with Crippen molar-refractivity contribution < 1.29 is 19.1 Å². The fourth-order valence-corrected chi connectivity index (χ4v) is 4.25. The molecule has 1 saturated heterocycles. The molecule has 2 atom stereocenters. The van der Waals surface area contributed by atoms with Gasteiger partial charge in [0.1, 0.15) is 6.61 Å². The maximum atomic E-state index is 12.6. The van der Waals surface area contributed by atoms with E-state index in [1.54, 1.807) is 0 Å². The molecule has 1 aliphatic carbocycles. The Kier molecular flexibility index (Phi) is 5.30. The van der Waals surface area contributed by atoms with Crippen LogP contribution >= 0.6 is 11.3 Å². The van der Waals surface area contributed by atoms with Crippen LogP contribution in [-0.4, -0.2) is 43.8 Å². The minimum Gasteiger partial charge on any atom is -0.379 e. The van der Waals surface area contributed by atoms with Gasteiger partial charge in [-0.05, 0) is 48.6 Å². The number of carbonyl (C=O) groups is 2. The third-order valence-electron chi connectivity index (χ3n) is 4.36. The Balaban J connectivity index is 1.65. The van der Waals surface area contributed by atoms with Crippen LogP contribution < -0.4 is 11.1 Å². The van der Waals surface area contributed by atoms with Crippen LogP contribution in [0.25, 0.3) is 0 Å². The van der Waals surface area contributed by atoms with Gasteiger partial charge in [-0.3, -0.25) is 9.59 Å². The largest absolute Gasteiger partial charge is 0.379 e. The van der Waals surface area contributed by atoms with Gasteiger partial charge in [-0.15, -0.1) is 11.3 Å². The van der Waals surface area contributed by atoms with Crippen LogP contribution in [0, 0.1) is 0 Å². The average molecular weight is 338 g/mol. The van der Waals surface area contributed by atoms with Crippen molar-refractivity contribution in [2.45, 2.75) is 44.2 Å². The lowest BCUT2D eigenvalue weighted by atomic mass is 9.93. The highest BCUT2D eigenvalue weighted by Crippen LogP contribution is 2.30. The summed E-state index contributed by atoms with van der Waals surface area (Å²) in [4.78, 5) is 24.3.